The van der Waals surface area contributed by atoms with Crippen LogP contribution in [0.25, 0.3) is 0 Å². The van der Waals surface area contributed by atoms with Crippen LogP contribution in [0.3, 0.4) is 0 Å². The highest BCUT2D eigenvalue weighted by atomic mass is 16.7. The summed E-state index contributed by atoms with van der Waals surface area (Å²) >= 11 is 0. The molecule has 3 aromatic rings. The maximum atomic E-state index is 13.5. The van der Waals surface area contributed by atoms with E-state index < -0.39 is 5.97 Å². The van der Waals surface area contributed by atoms with Crippen molar-refractivity contribution in [3.8, 4) is 11.5 Å². The van der Waals surface area contributed by atoms with E-state index in [2.05, 4.69) is 4.98 Å². The third-order valence-electron chi connectivity index (χ3n) is 6.02. The molecule has 0 saturated carbocycles. The molecule has 0 atom stereocenters. The molecule has 0 bridgehead atoms. The molecule has 1 amide bonds. The summed E-state index contributed by atoms with van der Waals surface area (Å²) in [7, 11) is 1.72. The molecule has 9 nitrogen and oxygen atoms in total. The number of rotatable bonds is 8. The van der Waals surface area contributed by atoms with E-state index >= 15 is 0 Å². The Labute approximate surface area is 203 Å². The molecule has 1 aliphatic heterocycles. The standard InChI is InChI=1S/C26H27N3O6/c1-5-33-26(32)24-16(2)23(17(3)28(24)4)20(30)14-29(13-18-7-6-10-27-12-18)25(31)19-8-9-21-22(11-19)35-15-34-21/h6-12H,5,13-15H2,1-4H3. The predicted octanol–water partition coefficient (Wildman–Crippen LogP) is 3.47. The van der Waals surface area contributed by atoms with Gasteiger partial charge in [-0.2, -0.15) is 0 Å². The average molecular weight is 478 g/mol. The van der Waals surface area contributed by atoms with E-state index in [9.17, 15) is 14.4 Å². The number of ether oxygens (including phenoxy) is 3. The van der Waals surface area contributed by atoms with Gasteiger partial charge in [-0.3, -0.25) is 14.6 Å². The van der Waals surface area contributed by atoms with Crippen molar-refractivity contribution in [1.29, 1.82) is 0 Å². The Kier molecular flexibility index (Phi) is 6.86. The minimum Gasteiger partial charge on any atom is -0.461 e. The molecule has 0 N–H and O–H groups in total. The summed E-state index contributed by atoms with van der Waals surface area (Å²) in [4.78, 5) is 45.1. The number of carbonyl (C=O) groups excluding carboxylic acids is 3. The molecule has 0 fully saturated rings. The van der Waals surface area contributed by atoms with Crippen LogP contribution in [0.15, 0.2) is 42.7 Å². The highest BCUT2D eigenvalue weighted by Crippen LogP contribution is 2.33. The van der Waals surface area contributed by atoms with Crippen LogP contribution in [0.1, 0.15) is 54.9 Å². The van der Waals surface area contributed by atoms with Gasteiger partial charge in [-0.15, -0.1) is 0 Å². The maximum absolute atomic E-state index is 13.5. The number of fused-ring (bicyclic) bond motifs is 1. The summed E-state index contributed by atoms with van der Waals surface area (Å²) in [5.41, 5.74) is 3.05. The summed E-state index contributed by atoms with van der Waals surface area (Å²) < 4.78 is 17.6. The molecule has 0 aliphatic carbocycles. The highest BCUT2D eigenvalue weighted by molar-refractivity contribution is 6.06. The molecule has 182 valence electrons. The van der Waals surface area contributed by atoms with Crippen molar-refractivity contribution in [2.24, 2.45) is 7.05 Å². The fourth-order valence-corrected chi connectivity index (χ4v) is 4.25. The third kappa shape index (κ3) is 4.75. The lowest BCUT2D eigenvalue weighted by atomic mass is 10.0. The van der Waals surface area contributed by atoms with Crippen molar-refractivity contribution in [1.82, 2.24) is 14.5 Å². The van der Waals surface area contributed by atoms with E-state index in [4.69, 9.17) is 14.2 Å². The Balaban J connectivity index is 1.66. The van der Waals surface area contributed by atoms with Crippen LogP contribution in [0.5, 0.6) is 11.5 Å². The molecule has 2 aromatic heterocycles. The van der Waals surface area contributed by atoms with Crippen molar-refractivity contribution in [2.45, 2.75) is 27.3 Å². The summed E-state index contributed by atoms with van der Waals surface area (Å²) in [5, 5.41) is 0. The van der Waals surface area contributed by atoms with Gasteiger partial charge in [0.2, 0.25) is 6.79 Å². The molecule has 3 heterocycles. The minimum absolute atomic E-state index is 0.0974. The molecule has 0 unspecified atom stereocenters. The van der Waals surface area contributed by atoms with Gasteiger partial charge in [0.15, 0.2) is 17.3 Å². The van der Waals surface area contributed by atoms with Crippen LogP contribution in [0, 0.1) is 13.8 Å². The maximum Gasteiger partial charge on any atom is 0.355 e. The number of nitrogens with zero attached hydrogens (tertiary/aromatic N) is 3. The molecule has 4 rings (SSSR count). The fourth-order valence-electron chi connectivity index (χ4n) is 4.25. The van der Waals surface area contributed by atoms with Gasteiger partial charge in [-0.1, -0.05) is 6.07 Å². The zero-order chi connectivity index (χ0) is 25.1. The lowest BCUT2D eigenvalue weighted by molar-refractivity contribution is 0.0514. The molecule has 9 heteroatoms. The van der Waals surface area contributed by atoms with E-state index in [1.54, 1.807) is 69.0 Å². The molecule has 0 spiro atoms. The van der Waals surface area contributed by atoms with Gasteiger partial charge >= 0.3 is 5.97 Å². The fraction of sp³-hybridized carbons (Fsp3) is 0.308. The summed E-state index contributed by atoms with van der Waals surface area (Å²) in [5.74, 6) is -0.0458. The number of hydrogen-bond acceptors (Lipinski definition) is 7. The molecular formula is C26H27N3O6. The van der Waals surface area contributed by atoms with Crippen LogP contribution < -0.4 is 9.47 Å². The number of ketones is 1. The Bertz CT molecular complexity index is 1280. The first-order valence-electron chi connectivity index (χ1n) is 11.3. The van der Waals surface area contributed by atoms with E-state index in [1.807, 2.05) is 6.07 Å². The van der Waals surface area contributed by atoms with Gasteiger partial charge in [0.05, 0.1) is 13.2 Å². The van der Waals surface area contributed by atoms with Crippen LogP contribution in [-0.4, -0.2) is 52.1 Å². The Morgan fingerprint density at radius 1 is 1.14 bits per heavy atom. The first kappa shape index (κ1) is 24.0. The number of hydrogen-bond donors (Lipinski definition) is 0. The van der Waals surface area contributed by atoms with Crippen LogP contribution in [-0.2, 0) is 18.3 Å². The zero-order valence-electron chi connectivity index (χ0n) is 20.2. The number of carbonyl (C=O) groups is 3. The van der Waals surface area contributed by atoms with Gasteiger partial charge < -0.3 is 23.7 Å². The summed E-state index contributed by atoms with van der Waals surface area (Å²) in [6.07, 6.45) is 3.30. The van der Waals surface area contributed by atoms with Gasteiger partial charge in [-0.05, 0) is 56.2 Å². The normalized spacial score (nSPS) is 11.9. The molecular weight excluding hydrogens is 450 g/mol. The molecule has 1 aromatic carbocycles. The quantitative estimate of drug-likeness (QED) is 0.362. The number of amides is 1. The summed E-state index contributed by atoms with van der Waals surface area (Å²) in [6, 6.07) is 8.56. The third-order valence-corrected chi connectivity index (χ3v) is 6.02. The van der Waals surface area contributed by atoms with Gasteiger partial charge in [-0.25, -0.2) is 4.79 Å². The second-order valence-corrected chi connectivity index (χ2v) is 8.23. The predicted molar refractivity (Wildman–Crippen MR) is 127 cm³/mol. The number of pyridine rings is 1. The van der Waals surface area contributed by atoms with Crippen LogP contribution in [0.4, 0.5) is 0 Å². The molecule has 35 heavy (non-hydrogen) atoms. The average Bonchev–Trinajstić information content (AvgIpc) is 3.40. The molecule has 0 radical (unpaired) electrons. The second kappa shape index (κ2) is 10.0. The lowest BCUT2D eigenvalue weighted by Gasteiger charge is -2.22. The summed E-state index contributed by atoms with van der Waals surface area (Å²) in [6.45, 7) is 5.55. The smallest absolute Gasteiger partial charge is 0.355 e. The van der Waals surface area contributed by atoms with Crippen molar-refractivity contribution < 1.29 is 28.6 Å². The number of aromatic nitrogens is 2. The highest BCUT2D eigenvalue weighted by Gasteiger charge is 2.28. The SMILES string of the molecule is CCOC(=O)c1c(C)c(C(=O)CN(Cc2cccnc2)C(=O)c2ccc3c(c2)OCO3)c(C)n1C. The monoisotopic (exact) mass is 477 g/mol. The first-order chi connectivity index (χ1) is 16.8. The zero-order valence-corrected chi connectivity index (χ0v) is 20.2. The van der Waals surface area contributed by atoms with Crippen molar-refractivity contribution in [3.63, 3.8) is 0 Å². The van der Waals surface area contributed by atoms with Gasteiger partial charge in [0, 0.05) is 42.8 Å². The van der Waals surface area contributed by atoms with E-state index in [0.717, 1.165) is 5.56 Å². The first-order valence-corrected chi connectivity index (χ1v) is 11.3. The molecule has 0 saturated heterocycles. The minimum atomic E-state index is -0.488. The number of benzene rings is 1. The van der Waals surface area contributed by atoms with Crippen LogP contribution >= 0.6 is 0 Å². The Hall–Kier alpha value is -4.14. The van der Waals surface area contributed by atoms with Gasteiger partial charge in [0.1, 0.15) is 5.69 Å². The number of Topliss-reactive ketones (excluding diaryl/α,β-unsaturated/α-hetero) is 1. The van der Waals surface area contributed by atoms with Crippen LogP contribution in [0.2, 0.25) is 0 Å². The van der Waals surface area contributed by atoms with Gasteiger partial charge in [0.25, 0.3) is 5.91 Å². The van der Waals surface area contributed by atoms with E-state index in [-0.39, 0.29) is 38.2 Å². The van der Waals surface area contributed by atoms with E-state index in [0.29, 0.717) is 39.6 Å². The van der Waals surface area contributed by atoms with Crippen molar-refractivity contribution in [3.05, 3.63) is 76.4 Å². The van der Waals surface area contributed by atoms with Crippen molar-refractivity contribution >= 4 is 17.7 Å². The number of esters is 1. The topological polar surface area (TPSA) is 100.0 Å². The Morgan fingerprint density at radius 3 is 2.63 bits per heavy atom. The molecule has 1 aliphatic rings. The Morgan fingerprint density at radius 2 is 1.91 bits per heavy atom. The largest absolute Gasteiger partial charge is 0.461 e. The van der Waals surface area contributed by atoms with E-state index in [1.165, 1.54) is 4.90 Å². The lowest BCUT2D eigenvalue weighted by Crippen LogP contribution is -2.35. The second-order valence-electron chi connectivity index (χ2n) is 8.23. The van der Waals surface area contributed by atoms with Crippen molar-refractivity contribution in [2.75, 3.05) is 19.9 Å².